The summed E-state index contributed by atoms with van der Waals surface area (Å²) in [7, 11) is 0. The van der Waals surface area contributed by atoms with E-state index in [0.717, 1.165) is 29.7 Å². The number of nitrogens with one attached hydrogen (secondary N) is 1. The highest BCUT2D eigenvalue weighted by Gasteiger charge is 2.30. The maximum Gasteiger partial charge on any atom is 0.243 e. The van der Waals surface area contributed by atoms with E-state index in [2.05, 4.69) is 10.3 Å². The van der Waals surface area contributed by atoms with Crippen molar-refractivity contribution in [1.29, 1.82) is 0 Å². The molecule has 1 unspecified atom stereocenters. The molecule has 0 fully saturated rings. The van der Waals surface area contributed by atoms with Gasteiger partial charge >= 0.3 is 0 Å². The summed E-state index contributed by atoms with van der Waals surface area (Å²) in [6.07, 6.45) is 5.54. The second-order valence-electron chi connectivity index (χ2n) is 6.00. The Labute approximate surface area is 141 Å². The van der Waals surface area contributed by atoms with Gasteiger partial charge in [0.25, 0.3) is 0 Å². The van der Waals surface area contributed by atoms with Crippen LogP contribution in [0.2, 0.25) is 0 Å². The van der Waals surface area contributed by atoms with Gasteiger partial charge in [-0.05, 0) is 49.1 Å². The number of para-hydroxylation sites is 1. The number of fused-ring (bicyclic) bond motifs is 1. The lowest BCUT2D eigenvalue weighted by atomic mass is 10.1. The fraction of sp³-hybridized carbons (Fsp3) is 0.316. The molecule has 1 N–H and O–H groups in total. The zero-order valence-electron chi connectivity index (χ0n) is 13.7. The van der Waals surface area contributed by atoms with Crippen LogP contribution in [0.5, 0.6) is 0 Å². The molecule has 24 heavy (non-hydrogen) atoms. The van der Waals surface area contributed by atoms with Gasteiger partial charge in [-0.1, -0.05) is 18.2 Å². The van der Waals surface area contributed by atoms with Crippen molar-refractivity contribution in [2.75, 3.05) is 4.90 Å². The van der Waals surface area contributed by atoms with Gasteiger partial charge in [0.2, 0.25) is 11.8 Å². The summed E-state index contributed by atoms with van der Waals surface area (Å²) in [6.45, 7) is 2.21. The number of amides is 2. The maximum absolute atomic E-state index is 12.6. The van der Waals surface area contributed by atoms with Crippen molar-refractivity contribution in [3.05, 3.63) is 59.9 Å². The summed E-state index contributed by atoms with van der Waals surface area (Å²) in [5.41, 5.74) is 2.96. The lowest BCUT2D eigenvalue weighted by Gasteiger charge is -2.28. The van der Waals surface area contributed by atoms with Crippen LogP contribution in [0.15, 0.2) is 48.8 Å². The molecule has 3 rings (SSSR count). The normalized spacial score (nSPS) is 15.4. The Bertz CT molecular complexity index is 730. The second kappa shape index (κ2) is 7.25. The molecule has 2 aromatic rings. The van der Waals surface area contributed by atoms with Crippen LogP contribution in [0.4, 0.5) is 5.69 Å². The third-order valence-electron chi connectivity index (χ3n) is 4.34. The number of rotatable bonds is 4. The highest BCUT2D eigenvalue weighted by atomic mass is 16.2. The maximum atomic E-state index is 12.6. The fourth-order valence-electron chi connectivity index (χ4n) is 3.02. The predicted molar refractivity (Wildman–Crippen MR) is 92.4 cm³/mol. The molecule has 0 saturated heterocycles. The minimum Gasteiger partial charge on any atom is -0.350 e. The molecule has 0 saturated carbocycles. The number of aromatic nitrogens is 1. The first-order valence-electron chi connectivity index (χ1n) is 8.23. The van der Waals surface area contributed by atoms with E-state index in [1.165, 1.54) is 0 Å². The molecule has 5 nitrogen and oxygen atoms in total. The third kappa shape index (κ3) is 3.45. The van der Waals surface area contributed by atoms with E-state index in [4.69, 9.17) is 0 Å². The van der Waals surface area contributed by atoms with Gasteiger partial charge in [-0.15, -0.1) is 0 Å². The second-order valence-corrected chi connectivity index (χ2v) is 6.00. The van der Waals surface area contributed by atoms with Crippen molar-refractivity contribution in [2.45, 2.75) is 38.8 Å². The highest BCUT2D eigenvalue weighted by Crippen LogP contribution is 2.28. The van der Waals surface area contributed by atoms with E-state index in [1.54, 1.807) is 24.2 Å². The summed E-state index contributed by atoms with van der Waals surface area (Å²) >= 11 is 0. The van der Waals surface area contributed by atoms with Crippen LogP contribution in [0.25, 0.3) is 0 Å². The molecular weight excluding hydrogens is 302 g/mol. The molecule has 1 atom stereocenters. The first-order valence-corrected chi connectivity index (χ1v) is 8.23. The number of hydrogen-bond donors (Lipinski definition) is 1. The van der Waals surface area contributed by atoms with Crippen LogP contribution >= 0.6 is 0 Å². The number of anilines is 1. The Morgan fingerprint density at radius 1 is 1.21 bits per heavy atom. The smallest absolute Gasteiger partial charge is 0.243 e. The zero-order valence-corrected chi connectivity index (χ0v) is 13.7. The molecule has 1 aromatic carbocycles. The zero-order chi connectivity index (χ0) is 16.9. The van der Waals surface area contributed by atoms with E-state index in [9.17, 15) is 9.59 Å². The van der Waals surface area contributed by atoms with Crippen LogP contribution in [-0.4, -0.2) is 22.8 Å². The molecule has 2 amide bonds. The van der Waals surface area contributed by atoms with Gasteiger partial charge in [0.05, 0.1) is 0 Å². The van der Waals surface area contributed by atoms with Crippen LogP contribution in [0.3, 0.4) is 0 Å². The molecular formula is C19H21N3O2. The Kier molecular flexibility index (Phi) is 4.89. The molecule has 2 heterocycles. The Hall–Kier alpha value is -2.69. The lowest BCUT2D eigenvalue weighted by Crippen LogP contribution is -2.48. The number of carbonyl (C=O) groups excluding carboxylic acids is 2. The standard InChI is InChI=1S/C19H21N3O2/c1-14(19(24)21-13-15-9-11-20-12-10-15)22-17-7-3-2-5-16(17)6-4-8-18(22)23/h2-3,5,7,9-12,14H,4,6,8,13H2,1H3,(H,21,24). The van der Waals surface area contributed by atoms with Crippen molar-refractivity contribution >= 4 is 17.5 Å². The van der Waals surface area contributed by atoms with E-state index in [-0.39, 0.29) is 11.8 Å². The van der Waals surface area contributed by atoms with Gasteiger partial charge in [-0.2, -0.15) is 0 Å². The SMILES string of the molecule is CC(C(=O)NCc1ccncc1)N1C(=O)CCCc2ccccc21. The first kappa shape index (κ1) is 16.2. The van der Waals surface area contributed by atoms with Crippen molar-refractivity contribution in [3.63, 3.8) is 0 Å². The molecule has 1 aliphatic heterocycles. The van der Waals surface area contributed by atoms with E-state index >= 15 is 0 Å². The number of nitrogens with zero attached hydrogens (tertiary/aromatic N) is 2. The van der Waals surface area contributed by atoms with Crippen molar-refractivity contribution < 1.29 is 9.59 Å². The van der Waals surface area contributed by atoms with Gasteiger partial charge in [-0.25, -0.2) is 0 Å². The predicted octanol–water partition coefficient (Wildman–Crippen LogP) is 2.46. The molecule has 1 aromatic heterocycles. The number of carbonyl (C=O) groups is 2. The molecule has 124 valence electrons. The largest absolute Gasteiger partial charge is 0.350 e. The Balaban J connectivity index is 1.76. The van der Waals surface area contributed by atoms with Crippen molar-refractivity contribution in [1.82, 2.24) is 10.3 Å². The summed E-state index contributed by atoms with van der Waals surface area (Å²) in [4.78, 5) is 30.7. The fourth-order valence-corrected chi connectivity index (χ4v) is 3.02. The van der Waals surface area contributed by atoms with Crippen molar-refractivity contribution in [2.24, 2.45) is 0 Å². The van der Waals surface area contributed by atoms with Gasteiger partial charge in [0.15, 0.2) is 0 Å². The van der Waals surface area contributed by atoms with E-state index in [1.807, 2.05) is 36.4 Å². The first-order chi connectivity index (χ1) is 11.7. The van der Waals surface area contributed by atoms with E-state index in [0.29, 0.717) is 13.0 Å². The van der Waals surface area contributed by atoms with Crippen LogP contribution in [-0.2, 0) is 22.6 Å². The number of hydrogen-bond acceptors (Lipinski definition) is 3. The van der Waals surface area contributed by atoms with Crippen LogP contribution in [0.1, 0.15) is 30.9 Å². The van der Waals surface area contributed by atoms with Gasteiger partial charge in [0, 0.05) is 31.0 Å². The highest BCUT2D eigenvalue weighted by molar-refractivity contribution is 6.01. The van der Waals surface area contributed by atoms with Gasteiger partial charge in [0.1, 0.15) is 6.04 Å². The molecule has 0 spiro atoms. The number of aryl methyl sites for hydroxylation is 1. The average molecular weight is 323 g/mol. The topological polar surface area (TPSA) is 62.3 Å². The summed E-state index contributed by atoms with van der Waals surface area (Å²) in [6, 6.07) is 11.0. The third-order valence-corrected chi connectivity index (χ3v) is 4.34. The quantitative estimate of drug-likeness (QED) is 0.940. The molecule has 0 bridgehead atoms. The Morgan fingerprint density at radius 2 is 1.96 bits per heavy atom. The molecule has 1 aliphatic rings. The summed E-state index contributed by atoms with van der Waals surface area (Å²) < 4.78 is 0. The number of benzene rings is 1. The lowest BCUT2D eigenvalue weighted by molar-refractivity contribution is -0.126. The van der Waals surface area contributed by atoms with Crippen molar-refractivity contribution in [3.8, 4) is 0 Å². The number of pyridine rings is 1. The van der Waals surface area contributed by atoms with Crippen LogP contribution in [0, 0.1) is 0 Å². The van der Waals surface area contributed by atoms with Gasteiger partial charge < -0.3 is 5.32 Å². The summed E-state index contributed by atoms with van der Waals surface area (Å²) in [5, 5.41) is 2.91. The summed E-state index contributed by atoms with van der Waals surface area (Å²) in [5.74, 6) is -0.150. The monoisotopic (exact) mass is 323 g/mol. The van der Waals surface area contributed by atoms with Crippen LogP contribution < -0.4 is 10.2 Å². The molecule has 0 radical (unpaired) electrons. The molecule has 5 heteroatoms. The average Bonchev–Trinajstić information content (AvgIpc) is 2.78. The minimum atomic E-state index is -0.543. The van der Waals surface area contributed by atoms with E-state index < -0.39 is 6.04 Å². The minimum absolute atomic E-state index is 0.00603. The Morgan fingerprint density at radius 3 is 2.75 bits per heavy atom. The molecule has 0 aliphatic carbocycles. The van der Waals surface area contributed by atoms with Gasteiger partial charge in [-0.3, -0.25) is 19.5 Å².